The fraction of sp³-hybridized carbons (Fsp3) is 1.00. The zero-order valence-electron chi connectivity index (χ0n) is 8.83. The molecular formula is C9H19ClO3S. The van der Waals surface area contributed by atoms with E-state index in [0.717, 1.165) is 6.42 Å². The fourth-order valence-corrected chi connectivity index (χ4v) is 2.38. The van der Waals surface area contributed by atoms with Gasteiger partial charge in [-0.05, 0) is 12.3 Å². The van der Waals surface area contributed by atoms with Crippen LogP contribution in [0.25, 0.3) is 0 Å². The van der Waals surface area contributed by atoms with Crippen molar-refractivity contribution in [3.8, 4) is 0 Å². The molecule has 0 aliphatic rings. The van der Waals surface area contributed by atoms with Gasteiger partial charge in [-0.25, -0.2) is 8.42 Å². The van der Waals surface area contributed by atoms with Crippen molar-refractivity contribution in [3.05, 3.63) is 0 Å². The molecule has 0 fully saturated rings. The summed E-state index contributed by atoms with van der Waals surface area (Å²) in [6.45, 7) is 4.70. The molecule has 0 aromatic rings. The van der Waals surface area contributed by atoms with Gasteiger partial charge in [-0.2, -0.15) is 0 Å². The van der Waals surface area contributed by atoms with Crippen molar-refractivity contribution >= 4 is 21.4 Å². The van der Waals surface area contributed by atoms with Crippen LogP contribution >= 0.6 is 11.6 Å². The molecule has 0 heterocycles. The second kappa shape index (κ2) is 7.49. The summed E-state index contributed by atoms with van der Waals surface area (Å²) in [5.74, 6) is 1.20. The van der Waals surface area contributed by atoms with Crippen LogP contribution in [-0.2, 0) is 14.6 Å². The van der Waals surface area contributed by atoms with Crippen LogP contribution in [0.15, 0.2) is 0 Å². The molecule has 0 saturated heterocycles. The van der Waals surface area contributed by atoms with Crippen LogP contribution in [0.4, 0.5) is 0 Å². The molecular weight excluding hydrogens is 224 g/mol. The lowest BCUT2D eigenvalue weighted by Gasteiger charge is -2.06. The third-order valence-electron chi connectivity index (χ3n) is 1.77. The number of hydrogen-bond donors (Lipinski definition) is 0. The predicted molar refractivity (Wildman–Crippen MR) is 59.6 cm³/mol. The van der Waals surface area contributed by atoms with E-state index in [1.807, 2.05) is 13.8 Å². The fourth-order valence-electron chi connectivity index (χ4n) is 0.860. The van der Waals surface area contributed by atoms with Gasteiger partial charge in [-0.15, -0.1) is 11.6 Å². The van der Waals surface area contributed by atoms with Gasteiger partial charge >= 0.3 is 0 Å². The number of rotatable bonds is 8. The van der Waals surface area contributed by atoms with Gasteiger partial charge in [0.1, 0.15) is 0 Å². The Bertz CT molecular complexity index is 224. The van der Waals surface area contributed by atoms with E-state index in [1.165, 1.54) is 0 Å². The Hall–Kier alpha value is 0.200. The van der Waals surface area contributed by atoms with Crippen molar-refractivity contribution in [1.82, 2.24) is 0 Å². The van der Waals surface area contributed by atoms with E-state index < -0.39 is 9.84 Å². The maximum absolute atomic E-state index is 11.4. The molecule has 0 saturated carbocycles. The normalized spacial score (nSPS) is 12.3. The molecule has 86 valence electrons. The molecule has 0 unspecified atom stereocenters. The van der Waals surface area contributed by atoms with Crippen LogP contribution in [0, 0.1) is 5.92 Å². The van der Waals surface area contributed by atoms with Gasteiger partial charge in [0.15, 0.2) is 9.84 Å². The Kier molecular flexibility index (Phi) is 7.59. The molecule has 0 bridgehead atoms. The largest absolute Gasteiger partial charge is 0.379 e. The quantitative estimate of drug-likeness (QED) is 0.481. The number of alkyl halides is 1. The summed E-state index contributed by atoms with van der Waals surface area (Å²) in [7, 11) is -2.93. The van der Waals surface area contributed by atoms with Crippen molar-refractivity contribution in [2.75, 3.05) is 30.6 Å². The van der Waals surface area contributed by atoms with E-state index >= 15 is 0 Å². The average molecular weight is 243 g/mol. The molecule has 0 rings (SSSR count). The Morgan fingerprint density at radius 2 is 1.86 bits per heavy atom. The molecule has 0 aliphatic carbocycles. The second-order valence-electron chi connectivity index (χ2n) is 3.64. The SMILES string of the molecule is CC(C)CCS(=O)(=O)CCOCCCl. The minimum atomic E-state index is -2.93. The van der Waals surface area contributed by atoms with E-state index in [4.69, 9.17) is 16.3 Å². The Morgan fingerprint density at radius 3 is 2.36 bits per heavy atom. The minimum Gasteiger partial charge on any atom is -0.379 e. The van der Waals surface area contributed by atoms with Gasteiger partial charge in [0.05, 0.1) is 24.7 Å². The van der Waals surface area contributed by atoms with Gasteiger partial charge in [-0.3, -0.25) is 0 Å². The number of sulfone groups is 1. The molecule has 0 aromatic heterocycles. The maximum Gasteiger partial charge on any atom is 0.152 e. The van der Waals surface area contributed by atoms with Crippen LogP contribution < -0.4 is 0 Å². The van der Waals surface area contributed by atoms with Crippen LogP contribution in [0.2, 0.25) is 0 Å². The standard InChI is InChI=1S/C9H19ClO3S/c1-9(2)3-7-14(11,12)8-6-13-5-4-10/h9H,3-8H2,1-2H3. The van der Waals surface area contributed by atoms with Crippen molar-refractivity contribution < 1.29 is 13.2 Å². The zero-order chi connectivity index (χ0) is 11.0. The minimum absolute atomic E-state index is 0.108. The van der Waals surface area contributed by atoms with Crippen molar-refractivity contribution in [3.63, 3.8) is 0 Å². The van der Waals surface area contributed by atoms with Crippen LogP contribution in [0.3, 0.4) is 0 Å². The van der Waals surface area contributed by atoms with Crippen molar-refractivity contribution in [2.24, 2.45) is 5.92 Å². The molecule has 0 aliphatic heterocycles. The summed E-state index contributed by atoms with van der Waals surface area (Å²) in [5, 5.41) is 0. The molecule has 3 nitrogen and oxygen atoms in total. The number of ether oxygens (including phenoxy) is 1. The summed E-state index contributed by atoms with van der Waals surface area (Å²) in [5.41, 5.74) is 0. The predicted octanol–water partition coefficient (Wildman–Crippen LogP) is 1.70. The van der Waals surface area contributed by atoms with E-state index in [2.05, 4.69) is 0 Å². The molecule has 0 aromatic carbocycles. The van der Waals surface area contributed by atoms with Crippen LogP contribution in [0.1, 0.15) is 20.3 Å². The van der Waals surface area contributed by atoms with Crippen molar-refractivity contribution in [2.45, 2.75) is 20.3 Å². The Labute approximate surface area is 91.7 Å². The summed E-state index contributed by atoms with van der Waals surface area (Å²) >= 11 is 5.38. The molecule has 14 heavy (non-hydrogen) atoms. The molecule has 0 amide bonds. The van der Waals surface area contributed by atoms with E-state index in [9.17, 15) is 8.42 Å². The Morgan fingerprint density at radius 1 is 1.21 bits per heavy atom. The van der Waals surface area contributed by atoms with Crippen molar-refractivity contribution in [1.29, 1.82) is 0 Å². The second-order valence-corrected chi connectivity index (χ2v) is 6.32. The first-order valence-corrected chi connectivity index (χ1v) is 7.17. The van der Waals surface area contributed by atoms with E-state index in [-0.39, 0.29) is 18.1 Å². The molecule has 0 spiro atoms. The van der Waals surface area contributed by atoms with E-state index in [0.29, 0.717) is 18.4 Å². The first kappa shape index (κ1) is 14.2. The van der Waals surface area contributed by atoms with Crippen LogP contribution in [-0.4, -0.2) is 39.0 Å². The summed E-state index contributed by atoms with van der Waals surface area (Å²) in [4.78, 5) is 0. The molecule has 5 heteroatoms. The van der Waals surface area contributed by atoms with Gasteiger partial charge in [0.2, 0.25) is 0 Å². The third-order valence-corrected chi connectivity index (χ3v) is 3.57. The van der Waals surface area contributed by atoms with Gasteiger partial charge in [0, 0.05) is 5.88 Å². The number of hydrogen-bond acceptors (Lipinski definition) is 3. The third kappa shape index (κ3) is 8.78. The maximum atomic E-state index is 11.4. The lowest BCUT2D eigenvalue weighted by molar-refractivity contribution is 0.165. The van der Waals surface area contributed by atoms with Gasteiger partial charge < -0.3 is 4.74 Å². The topological polar surface area (TPSA) is 43.4 Å². The smallest absolute Gasteiger partial charge is 0.152 e. The molecule has 0 N–H and O–H groups in total. The lowest BCUT2D eigenvalue weighted by atomic mass is 10.2. The average Bonchev–Trinajstić information content (AvgIpc) is 2.10. The van der Waals surface area contributed by atoms with Gasteiger partial charge in [-0.1, -0.05) is 13.8 Å². The van der Waals surface area contributed by atoms with Crippen LogP contribution in [0.5, 0.6) is 0 Å². The number of halogens is 1. The summed E-state index contributed by atoms with van der Waals surface area (Å²) < 4.78 is 27.8. The summed E-state index contributed by atoms with van der Waals surface area (Å²) in [6, 6.07) is 0. The highest BCUT2D eigenvalue weighted by atomic mass is 35.5. The highest BCUT2D eigenvalue weighted by Gasteiger charge is 2.11. The molecule has 0 atom stereocenters. The lowest BCUT2D eigenvalue weighted by Crippen LogP contribution is -2.17. The zero-order valence-corrected chi connectivity index (χ0v) is 10.4. The highest BCUT2D eigenvalue weighted by Crippen LogP contribution is 2.03. The Balaban J connectivity index is 3.62. The summed E-state index contributed by atoms with van der Waals surface area (Å²) in [6.07, 6.45) is 0.720. The first-order valence-electron chi connectivity index (χ1n) is 4.82. The molecule has 0 radical (unpaired) electrons. The monoisotopic (exact) mass is 242 g/mol. The van der Waals surface area contributed by atoms with E-state index in [1.54, 1.807) is 0 Å². The highest BCUT2D eigenvalue weighted by molar-refractivity contribution is 7.91. The first-order chi connectivity index (χ1) is 6.48. The van der Waals surface area contributed by atoms with Gasteiger partial charge in [0.25, 0.3) is 0 Å².